The molecule has 0 aromatic heterocycles. The van der Waals surface area contributed by atoms with Crippen molar-refractivity contribution in [2.45, 2.75) is 30.8 Å². The van der Waals surface area contributed by atoms with Gasteiger partial charge < -0.3 is 10.1 Å². The SMILES string of the molecule is COC(C)(C)CNC(=O)Cc1ccc(S)cc1. The van der Waals surface area contributed by atoms with Crippen LogP contribution in [-0.2, 0) is 16.0 Å². The molecule has 1 rings (SSSR count). The van der Waals surface area contributed by atoms with Crippen LogP contribution in [0.3, 0.4) is 0 Å². The van der Waals surface area contributed by atoms with E-state index in [1.54, 1.807) is 7.11 Å². The van der Waals surface area contributed by atoms with Crippen LogP contribution in [0.2, 0.25) is 0 Å². The third kappa shape index (κ3) is 5.24. The minimum absolute atomic E-state index is 0.00189. The van der Waals surface area contributed by atoms with Gasteiger partial charge in [0.25, 0.3) is 0 Å². The highest BCUT2D eigenvalue weighted by atomic mass is 32.1. The summed E-state index contributed by atoms with van der Waals surface area (Å²) in [6.07, 6.45) is 0.383. The topological polar surface area (TPSA) is 38.3 Å². The third-order valence-corrected chi connectivity index (χ3v) is 2.86. The lowest BCUT2D eigenvalue weighted by Crippen LogP contribution is -2.40. The van der Waals surface area contributed by atoms with Gasteiger partial charge in [0, 0.05) is 18.6 Å². The van der Waals surface area contributed by atoms with Gasteiger partial charge in [-0.05, 0) is 31.5 Å². The van der Waals surface area contributed by atoms with E-state index in [2.05, 4.69) is 17.9 Å². The normalized spacial score (nSPS) is 11.3. The number of carbonyl (C=O) groups is 1. The molecule has 3 nitrogen and oxygen atoms in total. The maximum atomic E-state index is 11.7. The highest BCUT2D eigenvalue weighted by molar-refractivity contribution is 7.80. The fraction of sp³-hybridized carbons (Fsp3) is 0.462. The second-order valence-corrected chi connectivity index (χ2v) is 5.10. The molecule has 1 aromatic carbocycles. The van der Waals surface area contributed by atoms with Crippen molar-refractivity contribution in [2.75, 3.05) is 13.7 Å². The molecule has 0 heterocycles. The quantitative estimate of drug-likeness (QED) is 0.788. The Morgan fingerprint density at radius 3 is 2.47 bits per heavy atom. The molecule has 0 unspecified atom stereocenters. The van der Waals surface area contributed by atoms with Gasteiger partial charge in [0.15, 0.2) is 0 Å². The standard InChI is InChI=1S/C13H19NO2S/c1-13(2,16-3)9-14-12(15)8-10-4-6-11(17)7-5-10/h4-7,17H,8-9H2,1-3H3,(H,14,15). The predicted octanol–water partition coefficient (Wildman–Crippen LogP) is 2.06. The summed E-state index contributed by atoms with van der Waals surface area (Å²) in [4.78, 5) is 12.6. The lowest BCUT2D eigenvalue weighted by molar-refractivity contribution is -0.121. The molecule has 1 amide bonds. The van der Waals surface area contributed by atoms with Crippen molar-refractivity contribution in [3.05, 3.63) is 29.8 Å². The lowest BCUT2D eigenvalue weighted by atomic mass is 10.1. The van der Waals surface area contributed by atoms with Crippen LogP contribution in [0.25, 0.3) is 0 Å². The Morgan fingerprint density at radius 2 is 1.94 bits per heavy atom. The van der Waals surface area contributed by atoms with Crippen molar-refractivity contribution < 1.29 is 9.53 Å². The van der Waals surface area contributed by atoms with Crippen molar-refractivity contribution in [1.82, 2.24) is 5.32 Å². The van der Waals surface area contributed by atoms with Gasteiger partial charge in [-0.2, -0.15) is 0 Å². The largest absolute Gasteiger partial charge is 0.377 e. The van der Waals surface area contributed by atoms with Gasteiger partial charge in [-0.15, -0.1) is 12.6 Å². The summed E-state index contributed by atoms with van der Waals surface area (Å²) in [6.45, 7) is 4.37. The Kier molecular flexibility index (Phi) is 5.02. The van der Waals surface area contributed by atoms with Gasteiger partial charge in [-0.25, -0.2) is 0 Å². The number of hydrogen-bond donors (Lipinski definition) is 2. The number of methoxy groups -OCH3 is 1. The first-order chi connectivity index (χ1) is 7.93. The Morgan fingerprint density at radius 1 is 1.35 bits per heavy atom. The van der Waals surface area contributed by atoms with Crippen molar-refractivity contribution >= 4 is 18.5 Å². The average Bonchev–Trinajstić information content (AvgIpc) is 2.30. The maximum absolute atomic E-state index is 11.7. The second kappa shape index (κ2) is 6.07. The van der Waals surface area contributed by atoms with Gasteiger partial charge in [0.1, 0.15) is 0 Å². The van der Waals surface area contributed by atoms with Gasteiger partial charge in [-0.3, -0.25) is 4.79 Å². The molecule has 0 atom stereocenters. The zero-order chi connectivity index (χ0) is 12.9. The zero-order valence-electron chi connectivity index (χ0n) is 10.5. The van der Waals surface area contributed by atoms with E-state index in [0.717, 1.165) is 10.5 Å². The number of thiol groups is 1. The molecular formula is C13H19NO2S. The predicted molar refractivity (Wildman–Crippen MR) is 71.5 cm³/mol. The van der Waals surface area contributed by atoms with Crippen molar-refractivity contribution in [3.63, 3.8) is 0 Å². The molecular weight excluding hydrogens is 234 g/mol. The van der Waals surface area contributed by atoms with Crippen LogP contribution in [0, 0.1) is 0 Å². The van der Waals surface area contributed by atoms with Gasteiger partial charge in [0.2, 0.25) is 5.91 Å². The van der Waals surface area contributed by atoms with Crippen molar-refractivity contribution in [3.8, 4) is 0 Å². The molecule has 0 saturated heterocycles. The van der Waals surface area contributed by atoms with E-state index in [-0.39, 0.29) is 11.5 Å². The molecule has 0 bridgehead atoms. The fourth-order valence-electron chi connectivity index (χ4n) is 1.25. The van der Waals surface area contributed by atoms with Crippen LogP contribution in [0.5, 0.6) is 0 Å². The van der Waals surface area contributed by atoms with E-state index in [1.165, 1.54) is 0 Å². The van der Waals surface area contributed by atoms with E-state index in [1.807, 2.05) is 38.1 Å². The molecule has 17 heavy (non-hydrogen) atoms. The summed E-state index contributed by atoms with van der Waals surface area (Å²) in [7, 11) is 1.64. The summed E-state index contributed by atoms with van der Waals surface area (Å²) in [5.41, 5.74) is 0.653. The first-order valence-corrected chi connectivity index (χ1v) is 5.97. The number of ether oxygens (including phenoxy) is 1. The molecule has 0 aliphatic carbocycles. The van der Waals surface area contributed by atoms with E-state index in [9.17, 15) is 4.79 Å². The van der Waals surface area contributed by atoms with Crippen LogP contribution in [-0.4, -0.2) is 25.2 Å². The Hall–Kier alpha value is -1.00. The Balaban J connectivity index is 2.42. The summed E-state index contributed by atoms with van der Waals surface area (Å²) in [5, 5.41) is 2.85. The summed E-state index contributed by atoms with van der Waals surface area (Å²) in [6, 6.07) is 7.57. The Bertz CT molecular complexity index is 374. The van der Waals surface area contributed by atoms with Crippen LogP contribution >= 0.6 is 12.6 Å². The highest BCUT2D eigenvalue weighted by Crippen LogP contribution is 2.09. The number of amides is 1. The molecule has 1 aromatic rings. The first kappa shape index (κ1) is 14.1. The molecule has 94 valence electrons. The smallest absolute Gasteiger partial charge is 0.224 e. The first-order valence-electron chi connectivity index (χ1n) is 5.53. The summed E-state index contributed by atoms with van der Waals surface area (Å²) >= 11 is 4.20. The van der Waals surface area contributed by atoms with Crippen molar-refractivity contribution in [2.24, 2.45) is 0 Å². The second-order valence-electron chi connectivity index (χ2n) is 4.58. The number of nitrogens with one attached hydrogen (secondary N) is 1. The number of carbonyl (C=O) groups excluding carboxylic acids is 1. The zero-order valence-corrected chi connectivity index (χ0v) is 11.4. The van der Waals surface area contributed by atoms with Crippen molar-refractivity contribution in [1.29, 1.82) is 0 Å². The third-order valence-electron chi connectivity index (χ3n) is 2.56. The maximum Gasteiger partial charge on any atom is 0.224 e. The van der Waals surface area contributed by atoms with Crippen LogP contribution in [0.15, 0.2) is 29.2 Å². The van der Waals surface area contributed by atoms with Gasteiger partial charge in [0.05, 0.1) is 12.0 Å². The molecule has 0 radical (unpaired) electrons. The molecule has 1 N–H and O–H groups in total. The lowest BCUT2D eigenvalue weighted by Gasteiger charge is -2.23. The number of hydrogen-bond acceptors (Lipinski definition) is 3. The molecule has 0 aliphatic rings. The van der Waals surface area contributed by atoms with Gasteiger partial charge >= 0.3 is 0 Å². The molecule has 0 saturated carbocycles. The molecule has 4 heteroatoms. The summed E-state index contributed by atoms with van der Waals surface area (Å²) < 4.78 is 5.23. The summed E-state index contributed by atoms with van der Waals surface area (Å²) in [5.74, 6) is 0.00189. The number of rotatable bonds is 5. The van der Waals surface area contributed by atoms with Crippen LogP contribution < -0.4 is 5.32 Å². The van der Waals surface area contributed by atoms with E-state index in [4.69, 9.17) is 4.74 Å². The molecule has 0 aliphatic heterocycles. The van der Waals surface area contributed by atoms with E-state index < -0.39 is 0 Å². The van der Waals surface area contributed by atoms with E-state index >= 15 is 0 Å². The van der Waals surface area contributed by atoms with E-state index in [0.29, 0.717) is 13.0 Å². The molecule has 0 spiro atoms. The van der Waals surface area contributed by atoms with Gasteiger partial charge in [-0.1, -0.05) is 12.1 Å². The highest BCUT2D eigenvalue weighted by Gasteiger charge is 2.17. The fourth-order valence-corrected chi connectivity index (χ4v) is 1.39. The van der Waals surface area contributed by atoms with Crippen LogP contribution in [0.4, 0.5) is 0 Å². The Labute approximate surface area is 108 Å². The molecule has 0 fully saturated rings. The average molecular weight is 253 g/mol. The minimum Gasteiger partial charge on any atom is -0.377 e. The monoisotopic (exact) mass is 253 g/mol. The minimum atomic E-state index is -0.329. The number of benzene rings is 1. The van der Waals surface area contributed by atoms with Crippen LogP contribution in [0.1, 0.15) is 19.4 Å².